The Morgan fingerprint density at radius 1 is 1.29 bits per heavy atom. The lowest BCUT2D eigenvalue weighted by molar-refractivity contribution is -0.126. The van der Waals surface area contributed by atoms with E-state index in [9.17, 15) is 4.79 Å². The van der Waals surface area contributed by atoms with E-state index in [0.717, 1.165) is 42.9 Å². The first-order chi connectivity index (χ1) is 11.4. The number of carbonyl (C=O) groups excluding carboxylic acids is 1. The van der Waals surface area contributed by atoms with Crippen LogP contribution in [0.25, 0.3) is 0 Å². The highest BCUT2D eigenvalue weighted by atomic mass is 35.5. The van der Waals surface area contributed by atoms with E-state index in [-0.39, 0.29) is 5.91 Å². The number of benzene rings is 1. The average Bonchev–Trinajstić information content (AvgIpc) is 3.15. The van der Waals surface area contributed by atoms with E-state index < -0.39 is 5.41 Å². The van der Waals surface area contributed by atoms with Gasteiger partial charge in [0.1, 0.15) is 5.82 Å². The molecule has 0 aliphatic heterocycles. The van der Waals surface area contributed by atoms with Gasteiger partial charge in [0.2, 0.25) is 5.91 Å². The fourth-order valence-electron chi connectivity index (χ4n) is 3.41. The summed E-state index contributed by atoms with van der Waals surface area (Å²) in [5.41, 5.74) is 0.271. The first-order valence-corrected chi connectivity index (χ1v) is 8.78. The monoisotopic (exact) mass is 366 g/mol. The Bertz CT molecular complexity index is 766. The van der Waals surface area contributed by atoms with Crippen LogP contribution in [0.1, 0.15) is 42.9 Å². The number of hydrogen-bond donors (Lipinski definition) is 1. The molecule has 2 aromatic rings. The molecule has 1 aliphatic carbocycles. The second-order valence-corrected chi connectivity index (χ2v) is 7.16. The molecule has 1 aromatic carbocycles. The van der Waals surface area contributed by atoms with Crippen LogP contribution in [0.5, 0.6) is 0 Å². The smallest absolute Gasteiger partial charge is 0.231 e. The molecule has 24 heavy (non-hydrogen) atoms. The predicted molar refractivity (Wildman–Crippen MR) is 94.2 cm³/mol. The van der Waals surface area contributed by atoms with Crippen molar-refractivity contribution >= 4 is 29.1 Å². The van der Waals surface area contributed by atoms with Gasteiger partial charge in [-0.1, -0.05) is 42.1 Å². The highest BCUT2D eigenvalue weighted by molar-refractivity contribution is 6.35. The molecule has 7 heteroatoms. The van der Waals surface area contributed by atoms with Gasteiger partial charge in [0.05, 0.1) is 12.0 Å². The second kappa shape index (κ2) is 6.73. The predicted octanol–water partition coefficient (Wildman–Crippen LogP) is 3.56. The van der Waals surface area contributed by atoms with Crippen LogP contribution in [0.2, 0.25) is 10.0 Å². The van der Waals surface area contributed by atoms with E-state index in [4.69, 9.17) is 23.2 Å². The third kappa shape index (κ3) is 3.03. The Morgan fingerprint density at radius 2 is 2.00 bits per heavy atom. The molecule has 1 N–H and O–H groups in total. The Hall–Kier alpha value is -1.59. The van der Waals surface area contributed by atoms with Crippen molar-refractivity contribution in [3.8, 4) is 0 Å². The van der Waals surface area contributed by atoms with Gasteiger partial charge in [-0.15, -0.1) is 10.2 Å². The summed E-state index contributed by atoms with van der Waals surface area (Å²) < 4.78 is 1.87. The van der Waals surface area contributed by atoms with Gasteiger partial charge in [-0.3, -0.25) is 4.79 Å². The van der Waals surface area contributed by atoms with Crippen molar-refractivity contribution in [1.29, 1.82) is 0 Å². The quantitative estimate of drug-likeness (QED) is 0.899. The van der Waals surface area contributed by atoms with Crippen LogP contribution >= 0.6 is 23.2 Å². The van der Waals surface area contributed by atoms with Crippen LogP contribution in [0.3, 0.4) is 0 Å². The lowest BCUT2D eigenvalue weighted by Crippen LogP contribution is -2.42. The van der Waals surface area contributed by atoms with Crippen molar-refractivity contribution in [3.63, 3.8) is 0 Å². The van der Waals surface area contributed by atoms with Gasteiger partial charge in [0.15, 0.2) is 5.82 Å². The van der Waals surface area contributed by atoms with E-state index in [1.165, 1.54) is 0 Å². The molecule has 0 saturated heterocycles. The van der Waals surface area contributed by atoms with Gasteiger partial charge in [-0.2, -0.15) is 0 Å². The molecule has 0 unspecified atom stereocenters. The molecular weight excluding hydrogens is 347 g/mol. The van der Waals surface area contributed by atoms with Gasteiger partial charge in [0, 0.05) is 17.1 Å². The fraction of sp³-hybridized carbons (Fsp3) is 0.471. The second-order valence-electron chi connectivity index (χ2n) is 6.32. The third-order valence-corrected chi connectivity index (χ3v) is 5.48. The number of nitrogens with zero attached hydrogens (tertiary/aromatic N) is 3. The highest BCUT2D eigenvalue weighted by Gasteiger charge is 2.43. The molecule has 1 aromatic heterocycles. The molecule has 0 spiro atoms. The molecule has 0 radical (unpaired) electrons. The van der Waals surface area contributed by atoms with Gasteiger partial charge in [-0.05, 0) is 37.5 Å². The van der Waals surface area contributed by atoms with Crippen molar-refractivity contribution in [1.82, 2.24) is 20.1 Å². The number of rotatable bonds is 4. The van der Waals surface area contributed by atoms with Crippen LogP contribution < -0.4 is 5.32 Å². The lowest BCUT2D eigenvalue weighted by atomic mass is 9.78. The highest BCUT2D eigenvalue weighted by Crippen LogP contribution is 2.44. The van der Waals surface area contributed by atoms with Crippen LogP contribution in [-0.4, -0.2) is 20.7 Å². The van der Waals surface area contributed by atoms with Crippen molar-refractivity contribution in [2.24, 2.45) is 7.05 Å². The van der Waals surface area contributed by atoms with Crippen LogP contribution in [0, 0.1) is 6.92 Å². The van der Waals surface area contributed by atoms with Crippen molar-refractivity contribution in [2.75, 3.05) is 0 Å². The Balaban J connectivity index is 1.84. The summed E-state index contributed by atoms with van der Waals surface area (Å²) in [7, 11) is 1.89. The molecule has 0 atom stereocenters. The van der Waals surface area contributed by atoms with E-state index in [2.05, 4.69) is 15.5 Å². The SMILES string of the molecule is Cc1nnc(CNC(=O)C2(c3ccc(Cl)cc3Cl)CCCC2)n1C. The van der Waals surface area contributed by atoms with E-state index >= 15 is 0 Å². The van der Waals surface area contributed by atoms with Crippen molar-refractivity contribution < 1.29 is 4.79 Å². The Kier molecular flexibility index (Phi) is 4.83. The molecule has 3 rings (SSSR count). The normalized spacial score (nSPS) is 16.3. The molecule has 1 heterocycles. The number of hydrogen-bond acceptors (Lipinski definition) is 3. The Morgan fingerprint density at radius 3 is 2.58 bits per heavy atom. The maximum atomic E-state index is 13.0. The fourth-order valence-corrected chi connectivity index (χ4v) is 4.00. The number of aryl methyl sites for hydroxylation is 1. The average molecular weight is 367 g/mol. The first-order valence-electron chi connectivity index (χ1n) is 8.03. The maximum Gasteiger partial charge on any atom is 0.231 e. The minimum Gasteiger partial charge on any atom is -0.348 e. The topological polar surface area (TPSA) is 59.8 Å². The summed E-state index contributed by atoms with van der Waals surface area (Å²) in [4.78, 5) is 13.0. The summed E-state index contributed by atoms with van der Waals surface area (Å²) in [5.74, 6) is 1.54. The van der Waals surface area contributed by atoms with Gasteiger partial charge in [0.25, 0.3) is 0 Å². The standard InChI is InChI=1S/C17H20Cl2N4O/c1-11-21-22-15(23(11)2)10-20-16(24)17(7-3-4-8-17)13-6-5-12(18)9-14(13)19/h5-6,9H,3-4,7-8,10H2,1-2H3,(H,20,24). The summed E-state index contributed by atoms with van der Waals surface area (Å²) in [5, 5.41) is 12.3. The van der Waals surface area contributed by atoms with E-state index in [1.54, 1.807) is 12.1 Å². The van der Waals surface area contributed by atoms with Crippen LogP contribution in [-0.2, 0) is 23.8 Å². The van der Waals surface area contributed by atoms with Crippen LogP contribution in [0.4, 0.5) is 0 Å². The van der Waals surface area contributed by atoms with E-state index in [1.807, 2.05) is 24.6 Å². The largest absolute Gasteiger partial charge is 0.348 e. The lowest BCUT2D eigenvalue weighted by Gasteiger charge is -2.29. The van der Waals surface area contributed by atoms with Gasteiger partial charge in [-0.25, -0.2) is 0 Å². The molecule has 5 nitrogen and oxygen atoms in total. The number of carbonyl (C=O) groups is 1. The minimum atomic E-state index is -0.588. The minimum absolute atomic E-state index is 0.00937. The zero-order valence-corrected chi connectivity index (χ0v) is 15.3. The van der Waals surface area contributed by atoms with Crippen molar-refractivity contribution in [2.45, 2.75) is 44.6 Å². The summed E-state index contributed by atoms with van der Waals surface area (Å²) in [6.07, 6.45) is 3.60. The summed E-state index contributed by atoms with van der Waals surface area (Å²) in [6.45, 7) is 2.23. The molecule has 1 saturated carbocycles. The first kappa shape index (κ1) is 17.2. The molecular formula is C17H20Cl2N4O. The van der Waals surface area contributed by atoms with Gasteiger partial charge < -0.3 is 9.88 Å². The molecule has 1 aliphatic rings. The number of amides is 1. The Labute approximate surface area is 151 Å². The summed E-state index contributed by atoms with van der Waals surface area (Å²) >= 11 is 12.4. The third-order valence-electron chi connectivity index (χ3n) is 4.93. The van der Waals surface area contributed by atoms with Gasteiger partial charge >= 0.3 is 0 Å². The van der Waals surface area contributed by atoms with E-state index in [0.29, 0.717) is 16.6 Å². The molecule has 128 valence electrons. The molecule has 1 amide bonds. The number of halogens is 2. The zero-order chi connectivity index (χ0) is 17.3. The zero-order valence-electron chi connectivity index (χ0n) is 13.8. The molecule has 0 bridgehead atoms. The maximum absolute atomic E-state index is 13.0. The van der Waals surface area contributed by atoms with Crippen LogP contribution in [0.15, 0.2) is 18.2 Å². The van der Waals surface area contributed by atoms with Crippen molar-refractivity contribution in [3.05, 3.63) is 45.5 Å². The number of aromatic nitrogens is 3. The number of nitrogens with one attached hydrogen (secondary N) is 1. The molecule has 1 fully saturated rings. The summed E-state index contributed by atoms with van der Waals surface area (Å²) in [6, 6.07) is 5.38.